The highest BCUT2D eigenvalue weighted by molar-refractivity contribution is 8.00. The first-order chi connectivity index (χ1) is 6.68. The number of amides is 1. The lowest BCUT2D eigenvalue weighted by Crippen LogP contribution is -2.33. The third kappa shape index (κ3) is 4.50. The van der Waals surface area contributed by atoms with E-state index in [2.05, 4.69) is 5.32 Å². The van der Waals surface area contributed by atoms with Crippen LogP contribution in [0.25, 0.3) is 0 Å². The van der Waals surface area contributed by atoms with Crippen LogP contribution in [0.15, 0.2) is 0 Å². The SMILES string of the molecule is O=C(O)CSCC(=O)NCC1CCC1. The first kappa shape index (κ1) is 11.4. The Balaban J connectivity index is 1.95. The van der Waals surface area contributed by atoms with Gasteiger partial charge in [0.25, 0.3) is 0 Å². The van der Waals surface area contributed by atoms with Gasteiger partial charge < -0.3 is 10.4 Å². The Morgan fingerprint density at radius 1 is 1.36 bits per heavy atom. The molecule has 0 radical (unpaired) electrons. The van der Waals surface area contributed by atoms with Crippen LogP contribution in [0.4, 0.5) is 0 Å². The molecule has 0 unspecified atom stereocenters. The number of carboxylic acid groups (broad SMARTS) is 1. The van der Waals surface area contributed by atoms with E-state index in [1.807, 2.05) is 0 Å². The molecule has 80 valence electrons. The topological polar surface area (TPSA) is 66.4 Å². The summed E-state index contributed by atoms with van der Waals surface area (Å²) in [5.41, 5.74) is 0. The van der Waals surface area contributed by atoms with E-state index in [1.165, 1.54) is 19.3 Å². The van der Waals surface area contributed by atoms with E-state index in [1.54, 1.807) is 0 Å². The zero-order valence-corrected chi connectivity index (χ0v) is 8.81. The first-order valence-electron chi connectivity index (χ1n) is 4.74. The van der Waals surface area contributed by atoms with Gasteiger partial charge in [-0.05, 0) is 18.8 Å². The van der Waals surface area contributed by atoms with Crippen molar-refractivity contribution in [3.63, 3.8) is 0 Å². The maximum Gasteiger partial charge on any atom is 0.313 e. The predicted octanol–water partition coefficient (Wildman–Crippen LogP) is 0.720. The zero-order valence-electron chi connectivity index (χ0n) is 7.99. The highest BCUT2D eigenvalue weighted by Crippen LogP contribution is 2.25. The fraction of sp³-hybridized carbons (Fsp3) is 0.778. The molecule has 1 rings (SSSR count). The van der Waals surface area contributed by atoms with Crippen LogP contribution < -0.4 is 5.32 Å². The van der Waals surface area contributed by atoms with Crippen molar-refractivity contribution in [1.29, 1.82) is 0 Å². The second kappa shape index (κ2) is 5.90. The summed E-state index contributed by atoms with van der Waals surface area (Å²) in [6.45, 7) is 0.756. The Morgan fingerprint density at radius 3 is 2.57 bits per heavy atom. The molecule has 1 fully saturated rings. The van der Waals surface area contributed by atoms with Crippen LogP contribution >= 0.6 is 11.8 Å². The molecule has 0 saturated heterocycles. The quantitative estimate of drug-likeness (QED) is 0.688. The molecule has 14 heavy (non-hydrogen) atoms. The molecule has 0 heterocycles. The summed E-state index contributed by atoms with van der Waals surface area (Å²) in [5, 5.41) is 11.1. The zero-order chi connectivity index (χ0) is 10.4. The maximum atomic E-state index is 11.1. The van der Waals surface area contributed by atoms with Gasteiger partial charge in [-0.2, -0.15) is 0 Å². The Hall–Kier alpha value is -0.710. The monoisotopic (exact) mass is 217 g/mol. The van der Waals surface area contributed by atoms with Crippen LogP contribution in [0.2, 0.25) is 0 Å². The second-order valence-electron chi connectivity index (χ2n) is 3.49. The molecule has 1 aliphatic carbocycles. The summed E-state index contributed by atoms with van der Waals surface area (Å²) in [4.78, 5) is 21.3. The summed E-state index contributed by atoms with van der Waals surface area (Å²) in [6.07, 6.45) is 3.69. The average molecular weight is 217 g/mol. The van der Waals surface area contributed by atoms with Crippen molar-refractivity contribution in [2.45, 2.75) is 19.3 Å². The number of carboxylic acids is 1. The number of carbonyl (C=O) groups is 2. The number of rotatable bonds is 6. The third-order valence-corrected chi connectivity index (χ3v) is 3.19. The molecule has 1 amide bonds. The first-order valence-corrected chi connectivity index (χ1v) is 5.90. The van der Waals surface area contributed by atoms with Gasteiger partial charge in [-0.25, -0.2) is 0 Å². The summed E-state index contributed by atoms with van der Waals surface area (Å²) < 4.78 is 0. The van der Waals surface area contributed by atoms with Crippen LogP contribution in [0.3, 0.4) is 0 Å². The van der Waals surface area contributed by atoms with E-state index in [4.69, 9.17) is 5.11 Å². The molecule has 0 atom stereocenters. The van der Waals surface area contributed by atoms with Crippen molar-refractivity contribution < 1.29 is 14.7 Å². The van der Waals surface area contributed by atoms with Crippen LogP contribution in [-0.4, -0.2) is 35.0 Å². The van der Waals surface area contributed by atoms with Gasteiger partial charge in [-0.3, -0.25) is 9.59 Å². The number of hydrogen-bond donors (Lipinski definition) is 2. The normalized spacial score (nSPS) is 16.0. The molecule has 0 aromatic rings. The highest BCUT2D eigenvalue weighted by Gasteiger charge is 2.17. The Bertz CT molecular complexity index is 216. The van der Waals surface area contributed by atoms with Crippen LogP contribution in [0.1, 0.15) is 19.3 Å². The smallest absolute Gasteiger partial charge is 0.313 e. The lowest BCUT2D eigenvalue weighted by molar-refractivity contribution is -0.133. The van der Waals surface area contributed by atoms with Crippen molar-refractivity contribution in [1.82, 2.24) is 5.32 Å². The number of thioether (sulfide) groups is 1. The molecular weight excluding hydrogens is 202 g/mol. The summed E-state index contributed by atoms with van der Waals surface area (Å²) in [5.74, 6) is -0.0241. The molecule has 0 bridgehead atoms. The van der Waals surface area contributed by atoms with Gasteiger partial charge in [-0.1, -0.05) is 6.42 Å². The van der Waals surface area contributed by atoms with Crippen LogP contribution in [-0.2, 0) is 9.59 Å². The number of carbonyl (C=O) groups excluding carboxylic acids is 1. The molecule has 2 N–H and O–H groups in total. The fourth-order valence-electron chi connectivity index (χ4n) is 1.24. The highest BCUT2D eigenvalue weighted by atomic mass is 32.2. The van der Waals surface area contributed by atoms with Crippen molar-refractivity contribution in [2.75, 3.05) is 18.1 Å². The lowest BCUT2D eigenvalue weighted by Gasteiger charge is -2.25. The number of hydrogen-bond acceptors (Lipinski definition) is 3. The maximum absolute atomic E-state index is 11.1. The lowest BCUT2D eigenvalue weighted by atomic mass is 9.85. The molecule has 1 saturated carbocycles. The fourth-order valence-corrected chi connectivity index (χ4v) is 1.80. The van der Waals surface area contributed by atoms with Crippen molar-refractivity contribution in [3.05, 3.63) is 0 Å². The predicted molar refractivity (Wildman–Crippen MR) is 55.3 cm³/mol. The third-order valence-electron chi connectivity index (χ3n) is 2.27. The average Bonchev–Trinajstić information content (AvgIpc) is 2.00. The van der Waals surface area contributed by atoms with Crippen molar-refractivity contribution >= 4 is 23.6 Å². The molecule has 0 aromatic heterocycles. The molecule has 5 heteroatoms. The minimum Gasteiger partial charge on any atom is -0.481 e. The standard InChI is InChI=1S/C9H15NO3S/c11-8(5-14-6-9(12)13)10-4-7-2-1-3-7/h7H,1-6H2,(H,10,11)(H,12,13). The number of nitrogens with one attached hydrogen (secondary N) is 1. The van der Waals surface area contributed by atoms with E-state index in [-0.39, 0.29) is 17.4 Å². The minimum absolute atomic E-state index is 0.00313. The Morgan fingerprint density at radius 2 is 2.07 bits per heavy atom. The Labute approximate surface area is 87.4 Å². The van der Waals surface area contributed by atoms with Crippen LogP contribution in [0, 0.1) is 5.92 Å². The van der Waals surface area contributed by atoms with Gasteiger partial charge in [0.1, 0.15) is 0 Å². The van der Waals surface area contributed by atoms with Gasteiger partial charge in [0.15, 0.2) is 0 Å². The summed E-state index contributed by atoms with van der Waals surface area (Å²) in [6, 6.07) is 0. The van der Waals surface area contributed by atoms with Gasteiger partial charge in [0.05, 0.1) is 11.5 Å². The van der Waals surface area contributed by atoms with E-state index < -0.39 is 5.97 Å². The summed E-state index contributed by atoms with van der Waals surface area (Å²) in [7, 11) is 0. The van der Waals surface area contributed by atoms with E-state index in [0.29, 0.717) is 5.92 Å². The molecule has 4 nitrogen and oxygen atoms in total. The van der Waals surface area contributed by atoms with Crippen LogP contribution in [0.5, 0.6) is 0 Å². The van der Waals surface area contributed by atoms with E-state index >= 15 is 0 Å². The molecule has 1 aliphatic rings. The summed E-state index contributed by atoms with van der Waals surface area (Å²) >= 11 is 1.14. The molecule has 0 aliphatic heterocycles. The van der Waals surface area contributed by atoms with E-state index in [9.17, 15) is 9.59 Å². The van der Waals surface area contributed by atoms with Gasteiger partial charge in [0, 0.05) is 6.54 Å². The molecule has 0 spiro atoms. The number of aliphatic carboxylic acids is 1. The second-order valence-corrected chi connectivity index (χ2v) is 4.47. The largest absolute Gasteiger partial charge is 0.481 e. The van der Waals surface area contributed by atoms with Gasteiger partial charge >= 0.3 is 5.97 Å². The minimum atomic E-state index is -0.873. The Kier molecular flexibility index (Phi) is 4.79. The molecule has 0 aromatic carbocycles. The van der Waals surface area contributed by atoms with Crippen molar-refractivity contribution in [3.8, 4) is 0 Å². The van der Waals surface area contributed by atoms with Gasteiger partial charge in [0.2, 0.25) is 5.91 Å². The van der Waals surface area contributed by atoms with Crippen molar-refractivity contribution in [2.24, 2.45) is 5.92 Å². The molecular formula is C9H15NO3S. The van der Waals surface area contributed by atoms with Gasteiger partial charge in [-0.15, -0.1) is 11.8 Å². The van der Waals surface area contributed by atoms with E-state index in [0.717, 1.165) is 18.3 Å².